The Kier molecular flexibility index (Phi) is 4.13. The monoisotopic (exact) mass is 345 g/mol. The first-order chi connectivity index (χ1) is 12.6. The van der Waals surface area contributed by atoms with E-state index in [9.17, 15) is 4.79 Å². The van der Waals surface area contributed by atoms with E-state index in [1.807, 2.05) is 30.5 Å². The third-order valence-electron chi connectivity index (χ3n) is 4.40. The van der Waals surface area contributed by atoms with Crippen LogP contribution < -0.4 is 0 Å². The lowest BCUT2D eigenvalue weighted by atomic mass is 10.0. The number of carbonyl (C=O) groups is 1. The Morgan fingerprint density at radius 1 is 1.23 bits per heavy atom. The zero-order valence-electron chi connectivity index (χ0n) is 14.7. The number of aromatic nitrogens is 2. The Morgan fingerprint density at radius 3 is 2.81 bits per heavy atom. The first-order valence-corrected chi connectivity index (χ1v) is 8.62. The SMILES string of the molecule is CC(C)c1ccc(N=C2CC(=O)/C(=C/c3c[nH]c4ncccc34)O2)cc1. The largest absolute Gasteiger partial charge is 0.439 e. The molecule has 3 heterocycles. The molecule has 1 fully saturated rings. The molecule has 0 saturated carbocycles. The molecule has 1 saturated heterocycles. The molecule has 1 aromatic carbocycles. The smallest absolute Gasteiger partial charge is 0.207 e. The molecule has 0 atom stereocenters. The highest BCUT2D eigenvalue weighted by atomic mass is 16.5. The van der Waals surface area contributed by atoms with Gasteiger partial charge in [-0.3, -0.25) is 4.79 Å². The maximum absolute atomic E-state index is 12.3. The summed E-state index contributed by atoms with van der Waals surface area (Å²) in [5.41, 5.74) is 3.70. The first kappa shape index (κ1) is 16.3. The predicted molar refractivity (Wildman–Crippen MR) is 102 cm³/mol. The fourth-order valence-corrected chi connectivity index (χ4v) is 2.93. The van der Waals surface area contributed by atoms with Crippen molar-refractivity contribution in [2.45, 2.75) is 26.2 Å². The van der Waals surface area contributed by atoms with Gasteiger partial charge in [0.05, 0.1) is 12.1 Å². The van der Waals surface area contributed by atoms with Gasteiger partial charge in [-0.05, 0) is 41.8 Å². The minimum atomic E-state index is -0.0687. The van der Waals surface area contributed by atoms with Crippen LogP contribution in [0.1, 0.15) is 37.3 Å². The number of benzene rings is 1. The van der Waals surface area contributed by atoms with Crippen molar-refractivity contribution in [2.75, 3.05) is 0 Å². The summed E-state index contributed by atoms with van der Waals surface area (Å²) in [6.07, 6.45) is 5.47. The van der Waals surface area contributed by atoms with E-state index in [0.29, 0.717) is 17.6 Å². The first-order valence-electron chi connectivity index (χ1n) is 8.62. The average Bonchev–Trinajstić information content (AvgIpc) is 3.20. The molecule has 0 bridgehead atoms. The van der Waals surface area contributed by atoms with Crippen LogP contribution in [0.15, 0.2) is 59.5 Å². The molecule has 5 heteroatoms. The lowest BCUT2D eigenvalue weighted by molar-refractivity contribution is -0.114. The number of H-pyrrole nitrogens is 1. The fourth-order valence-electron chi connectivity index (χ4n) is 2.93. The molecule has 130 valence electrons. The van der Waals surface area contributed by atoms with Gasteiger partial charge < -0.3 is 9.72 Å². The van der Waals surface area contributed by atoms with Crippen LogP contribution in [0, 0.1) is 0 Å². The van der Waals surface area contributed by atoms with Gasteiger partial charge in [-0.1, -0.05) is 26.0 Å². The lowest BCUT2D eigenvalue weighted by Gasteiger charge is -2.04. The predicted octanol–water partition coefficient (Wildman–Crippen LogP) is 4.75. The van der Waals surface area contributed by atoms with Crippen molar-refractivity contribution in [3.05, 3.63) is 65.7 Å². The minimum Gasteiger partial charge on any atom is -0.439 e. The standard InChI is InChI=1S/C21H19N3O2/c1-13(2)14-5-7-16(8-6-14)24-20-11-18(25)19(26-20)10-15-12-23-21-17(15)4-3-9-22-21/h3-10,12-13H,11H2,1-2H3,(H,22,23)/b19-10-,24-20?. The van der Waals surface area contributed by atoms with Crippen LogP contribution in [0.3, 0.4) is 0 Å². The zero-order valence-corrected chi connectivity index (χ0v) is 14.7. The summed E-state index contributed by atoms with van der Waals surface area (Å²) in [6.45, 7) is 4.30. The summed E-state index contributed by atoms with van der Waals surface area (Å²) in [5, 5.41) is 0.950. The van der Waals surface area contributed by atoms with Gasteiger partial charge in [0.25, 0.3) is 0 Å². The van der Waals surface area contributed by atoms with Gasteiger partial charge in [-0.25, -0.2) is 9.98 Å². The molecule has 1 N–H and O–H groups in total. The van der Waals surface area contributed by atoms with Crippen LogP contribution in [0.2, 0.25) is 0 Å². The summed E-state index contributed by atoms with van der Waals surface area (Å²) >= 11 is 0. The Bertz CT molecular complexity index is 1030. The number of aliphatic imine (C=N–C) groups is 1. The van der Waals surface area contributed by atoms with Gasteiger partial charge in [-0.2, -0.15) is 0 Å². The minimum absolute atomic E-state index is 0.0687. The highest BCUT2D eigenvalue weighted by Crippen LogP contribution is 2.25. The van der Waals surface area contributed by atoms with Crippen molar-refractivity contribution in [3.8, 4) is 0 Å². The van der Waals surface area contributed by atoms with Gasteiger partial charge in [0.15, 0.2) is 5.76 Å². The van der Waals surface area contributed by atoms with Crippen LogP contribution in [0.5, 0.6) is 0 Å². The highest BCUT2D eigenvalue weighted by Gasteiger charge is 2.26. The molecule has 0 aliphatic carbocycles. The summed E-state index contributed by atoms with van der Waals surface area (Å²) in [4.78, 5) is 24.1. The number of rotatable bonds is 3. The molecule has 5 nitrogen and oxygen atoms in total. The maximum atomic E-state index is 12.3. The highest BCUT2D eigenvalue weighted by molar-refractivity contribution is 6.15. The molecule has 0 unspecified atom stereocenters. The number of ether oxygens (including phenoxy) is 1. The quantitative estimate of drug-likeness (QED) is 0.697. The molecular formula is C21H19N3O2. The number of pyridine rings is 1. The molecule has 3 aromatic rings. The Balaban J connectivity index is 1.58. The van der Waals surface area contributed by atoms with Crippen molar-refractivity contribution < 1.29 is 9.53 Å². The Morgan fingerprint density at radius 2 is 2.04 bits per heavy atom. The Hall–Kier alpha value is -3.21. The van der Waals surface area contributed by atoms with Crippen molar-refractivity contribution in [3.63, 3.8) is 0 Å². The molecular weight excluding hydrogens is 326 g/mol. The molecule has 0 amide bonds. The normalized spacial score (nSPS) is 17.6. The number of allylic oxidation sites excluding steroid dienone is 1. The Labute approximate surface area is 151 Å². The van der Waals surface area contributed by atoms with E-state index in [-0.39, 0.29) is 12.2 Å². The van der Waals surface area contributed by atoms with Gasteiger partial charge in [0.1, 0.15) is 5.65 Å². The molecule has 0 spiro atoms. The van der Waals surface area contributed by atoms with Crippen LogP contribution in [-0.4, -0.2) is 21.6 Å². The maximum Gasteiger partial charge on any atom is 0.207 e. The molecule has 2 aromatic heterocycles. The van der Waals surface area contributed by atoms with E-state index in [4.69, 9.17) is 4.74 Å². The van der Waals surface area contributed by atoms with E-state index in [0.717, 1.165) is 22.3 Å². The number of carbonyl (C=O) groups excluding carboxylic acids is 1. The fraction of sp³-hybridized carbons (Fsp3) is 0.190. The van der Waals surface area contributed by atoms with E-state index >= 15 is 0 Å². The number of Topliss-reactive ketones (excluding diaryl/α,β-unsaturated/α-hetero) is 1. The van der Waals surface area contributed by atoms with E-state index in [2.05, 4.69) is 40.9 Å². The van der Waals surface area contributed by atoms with Crippen LogP contribution in [0.25, 0.3) is 17.1 Å². The van der Waals surface area contributed by atoms with Gasteiger partial charge in [0, 0.05) is 23.3 Å². The van der Waals surface area contributed by atoms with Gasteiger partial charge in [-0.15, -0.1) is 0 Å². The van der Waals surface area contributed by atoms with Crippen LogP contribution in [0.4, 0.5) is 5.69 Å². The second-order valence-electron chi connectivity index (χ2n) is 6.61. The second-order valence-corrected chi connectivity index (χ2v) is 6.61. The number of hydrogen-bond donors (Lipinski definition) is 1. The average molecular weight is 345 g/mol. The number of aromatic amines is 1. The number of fused-ring (bicyclic) bond motifs is 1. The van der Waals surface area contributed by atoms with Crippen molar-refractivity contribution >= 4 is 34.5 Å². The molecule has 26 heavy (non-hydrogen) atoms. The summed E-state index contributed by atoms with van der Waals surface area (Å²) in [6, 6.07) is 11.8. The van der Waals surface area contributed by atoms with Crippen molar-refractivity contribution in [2.24, 2.45) is 4.99 Å². The number of nitrogens with one attached hydrogen (secondary N) is 1. The molecule has 4 rings (SSSR count). The van der Waals surface area contributed by atoms with Crippen LogP contribution >= 0.6 is 0 Å². The summed E-state index contributed by atoms with van der Waals surface area (Å²) in [7, 11) is 0. The number of hydrogen-bond acceptors (Lipinski definition) is 4. The summed E-state index contributed by atoms with van der Waals surface area (Å²) < 4.78 is 5.70. The summed E-state index contributed by atoms with van der Waals surface area (Å²) in [5.74, 6) is 1.14. The van der Waals surface area contributed by atoms with Gasteiger partial charge in [0.2, 0.25) is 11.7 Å². The van der Waals surface area contributed by atoms with Crippen molar-refractivity contribution in [1.82, 2.24) is 9.97 Å². The van der Waals surface area contributed by atoms with Gasteiger partial charge >= 0.3 is 0 Å². The van der Waals surface area contributed by atoms with Crippen molar-refractivity contribution in [1.29, 1.82) is 0 Å². The topological polar surface area (TPSA) is 67.3 Å². The van der Waals surface area contributed by atoms with E-state index in [1.165, 1.54) is 5.56 Å². The zero-order chi connectivity index (χ0) is 18.1. The number of ketones is 1. The third kappa shape index (κ3) is 3.16. The third-order valence-corrected chi connectivity index (χ3v) is 4.40. The number of nitrogens with zero attached hydrogens (tertiary/aromatic N) is 2. The molecule has 0 radical (unpaired) electrons. The van der Waals surface area contributed by atoms with E-state index < -0.39 is 0 Å². The van der Waals surface area contributed by atoms with Crippen LogP contribution in [-0.2, 0) is 9.53 Å². The molecule has 1 aliphatic heterocycles. The lowest BCUT2D eigenvalue weighted by Crippen LogP contribution is -1.92. The second kappa shape index (κ2) is 6.59. The molecule has 1 aliphatic rings. The van der Waals surface area contributed by atoms with E-state index in [1.54, 1.807) is 12.3 Å².